The van der Waals surface area contributed by atoms with Crippen molar-refractivity contribution in [1.29, 1.82) is 5.26 Å². The number of urea groups is 1. The Kier molecular flexibility index (Phi) is 4.98. The minimum absolute atomic E-state index is 0.0900. The Morgan fingerprint density at radius 2 is 2.08 bits per heavy atom. The van der Waals surface area contributed by atoms with Crippen LogP contribution >= 0.6 is 0 Å². The Hall–Kier alpha value is -2.10. The SMILES string of the molecule is CC(C)(C#N)c1ccc(NC(=O)N[C@H]2CCO[C@]3(CCOC3)C2)cc1. The van der Waals surface area contributed by atoms with Crippen molar-refractivity contribution in [3.05, 3.63) is 29.8 Å². The average molecular weight is 343 g/mol. The number of amides is 2. The van der Waals surface area contributed by atoms with E-state index in [9.17, 15) is 10.1 Å². The van der Waals surface area contributed by atoms with E-state index in [4.69, 9.17) is 9.47 Å². The number of nitriles is 1. The highest BCUT2D eigenvalue weighted by Crippen LogP contribution is 2.32. The van der Waals surface area contributed by atoms with Gasteiger partial charge in [-0.2, -0.15) is 5.26 Å². The molecule has 0 aromatic heterocycles. The van der Waals surface area contributed by atoms with Crippen LogP contribution in [0.1, 0.15) is 38.7 Å². The quantitative estimate of drug-likeness (QED) is 0.884. The fourth-order valence-electron chi connectivity index (χ4n) is 3.40. The van der Waals surface area contributed by atoms with E-state index in [1.54, 1.807) is 0 Å². The molecule has 1 spiro atoms. The van der Waals surface area contributed by atoms with Crippen molar-refractivity contribution in [2.45, 2.75) is 50.2 Å². The molecule has 0 unspecified atom stereocenters. The molecule has 25 heavy (non-hydrogen) atoms. The lowest BCUT2D eigenvalue weighted by Gasteiger charge is -2.37. The van der Waals surface area contributed by atoms with Gasteiger partial charge in [0, 0.05) is 31.4 Å². The molecule has 3 rings (SSSR count). The lowest BCUT2D eigenvalue weighted by molar-refractivity contribution is -0.0877. The Bertz CT molecular complexity index is 657. The second-order valence-corrected chi connectivity index (χ2v) is 7.44. The predicted octanol–water partition coefficient (Wildman–Crippen LogP) is 2.95. The van der Waals surface area contributed by atoms with Gasteiger partial charge in [-0.25, -0.2) is 4.79 Å². The topological polar surface area (TPSA) is 83.4 Å². The standard InChI is InChI=1S/C19H25N3O3/c1-18(2,12-20)14-3-5-15(6-4-14)21-17(23)22-16-7-9-25-19(11-16)8-10-24-13-19/h3-6,16H,7-11,13H2,1-2H3,(H2,21,22,23)/t16-,19+/m0/s1. The number of carbonyl (C=O) groups excluding carboxylic acids is 1. The summed E-state index contributed by atoms with van der Waals surface area (Å²) in [4.78, 5) is 12.3. The van der Waals surface area contributed by atoms with Gasteiger partial charge in [0.15, 0.2) is 0 Å². The molecule has 0 bridgehead atoms. The molecule has 1 aromatic carbocycles. The maximum Gasteiger partial charge on any atom is 0.319 e. The van der Waals surface area contributed by atoms with Gasteiger partial charge < -0.3 is 20.1 Å². The van der Waals surface area contributed by atoms with Gasteiger partial charge in [0.25, 0.3) is 0 Å². The second-order valence-electron chi connectivity index (χ2n) is 7.44. The van der Waals surface area contributed by atoms with Crippen LogP contribution in [0, 0.1) is 11.3 Å². The number of benzene rings is 1. The summed E-state index contributed by atoms with van der Waals surface area (Å²) in [7, 11) is 0. The Morgan fingerprint density at radius 1 is 1.32 bits per heavy atom. The molecule has 0 aliphatic carbocycles. The van der Waals surface area contributed by atoms with Crippen molar-refractivity contribution in [3.8, 4) is 6.07 Å². The molecule has 2 aliphatic rings. The van der Waals surface area contributed by atoms with Crippen LogP contribution in [0.4, 0.5) is 10.5 Å². The normalized spacial score (nSPS) is 26.2. The molecule has 134 valence electrons. The third kappa shape index (κ3) is 4.12. The van der Waals surface area contributed by atoms with E-state index in [1.807, 2.05) is 38.1 Å². The van der Waals surface area contributed by atoms with E-state index in [2.05, 4.69) is 16.7 Å². The Balaban J connectivity index is 1.55. The molecule has 1 aromatic rings. The Labute approximate surface area is 148 Å². The maximum atomic E-state index is 12.3. The van der Waals surface area contributed by atoms with E-state index < -0.39 is 5.41 Å². The van der Waals surface area contributed by atoms with Gasteiger partial charge in [-0.3, -0.25) is 0 Å². The highest BCUT2D eigenvalue weighted by atomic mass is 16.6. The van der Waals surface area contributed by atoms with Crippen LogP contribution in [0.25, 0.3) is 0 Å². The maximum absolute atomic E-state index is 12.3. The highest BCUT2D eigenvalue weighted by molar-refractivity contribution is 5.89. The monoisotopic (exact) mass is 343 g/mol. The minimum Gasteiger partial charge on any atom is -0.378 e. The molecule has 2 N–H and O–H groups in total. The van der Waals surface area contributed by atoms with Crippen molar-refractivity contribution < 1.29 is 14.3 Å². The van der Waals surface area contributed by atoms with Gasteiger partial charge in [0.1, 0.15) is 0 Å². The molecular weight excluding hydrogens is 318 g/mol. The summed E-state index contributed by atoms with van der Waals surface area (Å²) in [6, 6.07) is 9.54. The highest BCUT2D eigenvalue weighted by Gasteiger charge is 2.41. The van der Waals surface area contributed by atoms with Crippen LogP contribution < -0.4 is 10.6 Å². The van der Waals surface area contributed by atoms with Gasteiger partial charge in [-0.1, -0.05) is 12.1 Å². The number of carbonyl (C=O) groups is 1. The average Bonchev–Trinajstić information content (AvgIpc) is 3.03. The van der Waals surface area contributed by atoms with Crippen LogP contribution in [0.2, 0.25) is 0 Å². The van der Waals surface area contributed by atoms with Gasteiger partial charge in [0.05, 0.1) is 23.7 Å². The number of anilines is 1. The zero-order valence-corrected chi connectivity index (χ0v) is 14.8. The first-order chi connectivity index (χ1) is 11.9. The van der Waals surface area contributed by atoms with Gasteiger partial charge >= 0.3 is 6.03 Å². The van der Waals surface area contributed by atoms with Crippen molar-refractivity contribution in [2.24, 2.45) is 0 Å². The zero-order valence-electron chi connectivity index (χ0n) is 14.8. The first kappa shape index (κ1) is 17.7. The molecule has 2 aliphatic heterocycles. The number of nitrogens with zero attached hydrogens (tertiary/aromatic N) is 1. The first-order valence-corrected chi connectivity index (χ1v) is 8.74. The molecule has 6 nitrogen and oxygen atoms in total. The van der Waals surface area contributed by atoms with Crippen LogP contribution in [-0.4, -0.2) is 37.5 Å². The third-order valence-electron chi connectivity index (χ3n) is 5.04. The summed E-state index contributed by atoms with van der Waals surface area (Å²) < 4.78 is 11.3. The molecule has 2 atom stereocenters. The smallest absolute Gasteiger partial charge is 0.319 e. The number of hydrogen-bond donors (Lipinski definition) is 2. The molecule has 6 heteroatoms. The predicted molar refractivity (Wildman–Crippen MR) is 94.4 cm³/mol. The summed E-state index contributed by atoms with van der Waals surface area (Å²) in [5.41, 5.74) is 0.871. The first-order valence-electron chi connectivity index (χ1n) is 8.74. The van der Waals surface area contributed by atoms with E-state index in [1.165, 1.54) is 0 Å². The largest absolute Gasteiger partial charge is 0.378 e. The van der Waals surface area contributed by atoms with Gasteiger partial charge in [-0.15, -0.1) is 0 Å². The number of ether oxygens (including phenoxy) is 2. The van der Waals surface area contributed by atoms with E-state index >= 15 is 0 Å². The Morgan fingerprint density at radius 3 is 2.72 bits per heavy atom. The van der Waals surface area contributed by atoms with E-state index in [0.29, 0.717) is 18.9 Å². The van der Waals surface area contributed by atoms with Gasteiger partial charge in [-0.05, 0) is 44.4 Å². The lowest BCUT2D eigenvalue weighted by atomic mass is 9.86. The molecule has 2 fully saturated rings. The second kappa shape index (κ2) is 7.03. The van der Waals surface area contributed by atoms with Crippen molar-refractivity contribution in [3.63, 3.8) is 0 Å². The number of nitrogens with one attached hydrogen (secondary N) is 2. The zero-order chi connectivity index (χ0) is 17.9. The summed E-state index contributed by atoms with van der Waals surface area (Å²) in [5.74, 6) is 0. The summed E-state index contributed by atoms with van der Waals surface area (Å²) in [5, 5.41) is 15.1. The fraction of sp³-hybridized carbons (Fsp3) is 0.579. The minimum atomic E-state index is -0.541. The third-order valence-corrected chi connectivity index (χ3v) is 5.04. The lowest BCUT2D eigenvalue weighted by Crippen LogP contribution is -2.49. The molecule has 0 radical (unpaired) electrons. The van der Waals surface area contributed by atoms with E-state index in [-0.39, 0.29) is 17.7 Å². The van der Waals surface area contributed by atoms with Crippen LogP contribution in [0.3, 0.4) is 0 Å². The molecular formula is C19H25N3O3. The summed E-state index contributed by atoms with van der Waals surface area (Å²) in [6.07, 6.45) is 2.49. The van der Waals surface area contributed by atoms with Gasteiger partial charge in [0.2, 0.25) is 0 Å². The summed E-state index contributed by atoms with van der Waals surface area (Å²) >= 11 is 0. The van der Waals surface area contributed by atoms with Crippen LogP contribution in [0.5, 0.6) is 0 Å². The number of rotatable bonds is 3. The number of hydrogen-bond acceptors (Lipinski definition) is 4. The van der Waals surface area contributed by atoms with E-state index in [0.717, 1.165) is 31.4 Å². The van der Waals surface area contributed by atoms with Crippen molar-refractivity contribution >= 4 is 11.7 Å². The molecule has 0 saturated carbocycles. The van der Waals surface area contributed by atoms with Crippen LogP contribution in [0.15, 0.2) is 24.3 Å². The van der Waals surface area contributed by atoms with Crippen LogP contribution in [-0.2, 0) is 14.9 Å². The van der Waals surface area contributed by atoms with Crippen molar-refractivity contribution in [2.75, 3.05) is 25.1 Å². The fourth-order valence-corrected chi connectivity index (χ4v) is 3.40. The molecule has 2 saturated heterocycles. The molecule has 2 heterocycles. The summed E-state index contributed by atoms with van der Waals surface area (Å²) in [6.45, 7) is 5.73. The molecule has 2 amide bonds. The van der Waals surface area contributed by atoms with Crippen molar-refractivity contribution in [1.82, 2.24) is 5.32 Å².